The number of carbonyl (C=O) groups is 2. The zero-order chi connectivity index (χ0) is 14.8. The normalized spacial score (nSPS) is 15.9. The number of hydrogen-bond donors (Lipinski definition) is 2. The van der Waals surface area contributed by atoms with Gasteiger partial charge in [0.15, 0.2) is 6.10 Å². The van der Waals surface area contributed by atoms with Gasteiger partial charge in [0, 0.05) is 12.6 Å². The smallest absolute Gasteiger partial charge is 0.337 e. The highest BCUT2D eigenvalue weighted by atomic mass is 16.5. The second-order valence-electron chi connectivity index (χ2n) is 4.63. The maximum absolute atomic E-state index is 12.2. The molecule has 1 aromatic carbocycles. The van der Waals surface area contributed by atoms with E-state index in [0.29, 0.717) is 12.2 Å². The van der Waals surface area contributed by atoms with Gasteiger partial charge >= 0.3 is 5.97 Å². The van der Waals surface area contributed by atoms with Crippen LogP contribution in [0.25, 0.3) is 0 Å². The Kier molecular flexibility index (Phi) is 3.27. The van der Waals surface area contributed by atoms with E-state index in [1.165, 1.54) is 18.5 Å². The molecule has 2 heterocycles. The molecule has 1 aromatic heterocycles. The highest BCUT2D eigenvalue weighted by Crippen LogP contribution is 2.28. The molecule has 1 atom stereocenters. The SMILES string of the molecule is O=C(O)c1ccncc1NC(=O)C1Cc2ccccc2O1. The van der Waals surface area contributed by atoms with Crippen LogP contribution in [0.2, 0.25) is 0 Å². The predicted molar refractivity (Wildman–Crippen MR) is 74.4 cm³/mol. The number of carbonyl (C=O) groups excluding carboxylic acids is 1. The fourth-order valence-corrected chi connectivity index (χ4v) is 2.22. The van der Waals surface area contributed by atoms with Gasteiger partial charge in [-0.15, -0.1) is 0 Å². The summed E-state index contributed by atoms with van der Waals surface area (Å²) in [6, 6.07) is 8.75. The van der Waals surface area contributed by atoms with E-state index in [-0.39, 0.29) is 17.2 Å². The number of amides is 1. The van der Waals surface area contributed by atoms with Crippen molar-refractivity contribution in [3.63, 3.8) is 0 Å². The number of nitrogens with one attached hydrogen (secondary N) is 1. The highest BCUT2D eigenvalue weighted by molar-refractivity contribution is 6.01. The summed E-state index contributed by atoms with van der Waals surface area (Å²) in [6.45, 7) is 0. The van der Waals surface area contributed by atoms with Gasteiger partial charge in [0.05, 0.1) is 17.4 Å². The summed E-state index contributed by atoms with van der Waals surface area (Å²) in [5.41, 5.74) is 1.12. The molecule has 0 saturated heterocycles. The minimum atomic E-state index is -1.12. The summed E-state index contributed by atoms with van der Waals surface area (Å²) in [4.78, 5) is 27.1. The fraction of sp³-hybridized carbons (Fsp3) is 0.133. The van der Waals surface area contributed by atoms with E-state index >= 15 is 0 Å². The number of pyridine rings is 1. The Hall–Kier alpha value is -2.89. The summed E-state index contributed by atoms with van der Waals surface area (Å²) in [5, 5.41) is 11.6. The van der Waals surface area contributed by atoms with Gasteiger partial charge in [-0.3, -0.25) is 9.78 Å². The lowest BCUT2D eigenvalue weighted by Crippen LogP contribution is -2.32. The molecular weight excluding hydrogens is 272 g/mol. The number of aromatic nitrogens is 1. The zero-order valence-corrected chi connectivity index (χ0v) is 10.9. The molecule has 0 bridgehead atoms. The van der Waals surface area contributed by atoms with Crippen LogP contribution >= 0.6 is 0 Å². The second kappa shape index (κ2) is 5.24. The minimum Gasteiger partial charge on any atom is -0.480 e. The summed E-state index contributed by atoms with van der Waals surface area (Å²) in [7, 11) is 0. The van der Waals surface area contributed by atoms with Gasteiger partial charge in [0.2, 0.25) is 0 Å². The number of rotatable bonds is 3. The molecule has 0 spiro atoms. The zero-order valence-electron chi connectivity index (χ0n) is 10.9. The third-order valence-electron chi connectivity index (χ3n) is 3.25. The van der Waals surface area contributed by atoms with E-state index in [0.717, 1.165) is 5.56 Å². The molecular formula is C15H12N2O4. The Morgan fingerprint density at radius 1 is 1.29 bits per heavy atom. The lowest BCUT2D eigenvalue weighted by Gasteiger charge is -2.12. The minimum absolute atomic E-state index is 0.00568. The van der Waals surface area contributed by atoms with Crippen LogP contribution < -0.4 is 10.1 Å². The van der Waals surface area contributed by atoms with Crippen molar-refractivity contribution >= 4 is 17.6 Å². The van der Waals surface area contributed by atoms with Crippen molar-refractivity contribution in [1.29, 1.82) is 0 Å². The van der Waals surface area contributed by atoms with E-state index in [2.05, 4.69) is 10.3 Å². The average Bonchev–Trinajstić information content (AvgIpc) is 2.91. The molecule has 106 valence electrons. The van der Waals surface area contributed by atoms with Gasteiger partial charge < -0.3 is 15.2 Å². The van der Waals surface area contributed by atoms with Crippen molar-refractivity contribution in [2.75, 3.05) is 5.32 Å². The summed E-state index contributed by atoms with van der Waals surface area (Å²) >= 11 is 0. The van der Waals surface area contributed by atoms with Crippen LogP contribution in [0.15, 0.2) is 42.7 Å². The number of carboxylic acids is 1. The number of hydrogen-bond acceptors (Lipinski definition) is 4. The van der Waals surface area contributed by atoms with Crippen molar-refractivity contribution in [3.05, 3.63) is 53.9 Å². The van der Waals surface area contributed by atoms with Gasteiger partial charge in [-0.2, -0.15) is 0 Å². The first-order valence-corrected chi connectivity index (χ1v) is 6.38. The van der Waals surface area contributed by atoms with Crippen LogP contribution in [-0.2, 0) is 11.2 Å². The second-order valence-corrected chi connectivity index (χ2v) is 4.63. The lowest BCUT2D eigenvalue weighted by atomic mass is 10.1. The van der Waals surface area contributed by atoms with Gasteiger partial charge in [-0.1, -0.05) is 18.2 Å². The number of aromatic carboxylic acids is 1. The Bertz CT molecular complexity index is 689. The molecule has 1 amide bonds. The van der Waals surface area contributed by atoms with Gasteiger partial charge in [0.1, 0.15) is 5.75 Å². The van der Waals surface area contributed by atoms with Crippen molar-refractivity contribution in [2.45, 2.75) is 12.5 Å². The Labute approximate surface area is 120 Å². The van der Waals surface area contributed by atoms with Crippen molar-refractivity contribution in [1.82, 2.24) is 4.98 Å². The molecule has 21 heavy (non-hydrogen) atoms. The van der Waals surface area contributed by atoms with Crippen LogP contribution in [0.3, 0.4) is 0 Å². The largest absolute Gasteiger partial charge is 0.480 e. The Morgan fingerprint density at radius 3 is 2.86 bits per heavy atom. The molecule has 1 aliphatic heterocycles. The number of nitrogens with zero attached hydrogens (tertiary/aromatic N) is 1. The van der Waals surface area contributed by atoms with Crippen LogP contribution in [0, 0.1) is 0 Å². The number of para-hydroxylation sites is 1. The van der Waals surface area contributed by atoms with Crippen molar-refractivity contribution in [3.8, 4) is 5.75 Å². The quantitative estimate of drug-likeness (QED) is 0.896. The lowest BCUT2D eigenvalue weighted by molar-refractivity contribution is -0.122. The van der Waals surface area contributed by atoms with Crippen LogP contribution in [0.4, 0.5) is 5.69 Å². The van der Waals surface area contributed by atoms with Crippen LogP contribution in [-0.4, -0.2) is 28.1 Å². The standard InChI is InChI=1S/C15H12N2O4/c18-14(13-7-9-3-1-2-4-12(9)21-13)17-11-8-16-6-5-10(11)15(19)20/h1-6,8,13H,7H2,(H,17,18)(H,19,20). The van der Waals surface area contributed by atoms with Crippen LogP contribution in [0.5, 0.6) is 5.75 Å². The summed E-state index contributed by atoms with van der Waals surface area (Å²) < 4.78 is 5.56. The molecule has 1 aliphatic rings. The number of benzene rings is 1. The van der Waals surface area contributed by atoms with Crippen molar-refractivity contribution < 1.29 is 19.4 Å². The van der Waals surface area contributed by atoms with E-state index in [9.17, 15) is 9.59 Å². The Morgan fingerprint density at radius 2 is 2.10 bits per heavy atom. The number of fused-ring (bicyclic) bond motifs is 1. The maximum Gasteiger partial charge on any atom is 0.337 e. The fourth-order valence-electron chi connectivity index (χ4n) is 2.22. The topological polar surface area (TPSA) is 88.5 Å². The van der Waals surface area contributed by atoms with E-state index in [1.807, 2.05) is 18.2 Å². The highest BCUT2D eigenvalue weighted by Gasteiger charge is 2.29. The molecule has 0 aliphatic carbocycles. The molecule has 0 saturated carbocycles. The first kappa shape index (κ1) is 13.1. The van der Waals surface area contributed by atoms with Crippen molar-refractivity contribution in [2.24, 2.45) is 0 Å². The third kappa shape index (κ3) is 2.55. The molecule has 1 unspecified atom stereocenters. The number of carboxylic acid groups (broad SMARTS) is 1. The monoisotopic (exact) mass is 284 g/mol. The first-order chi connectivity index (χ1) is 10.1. The van der Waals surface area contributed by atoms with Gasteiger partial charge in [0.25, 0.3) is 5.91 Å². The van der Waals surface area contributed by atoms with Gasteiger partial charge in [-0.25, -0.2) is 4.79 Å². The Balaban J connectivity index is 1.76. The maximum atomic E-state index is 12.2. The molecule has 3 rings (SSSR count). The number of anilines is 1. The van der Waals surface area contributed by atoms with Gasteiger partial charge in [-0.05, 0) is 17.7 Å². The van der Waals surface area contributed by atoms with E-state index in [4.69, 9.17) is 9.84 Å². The molecule has 0 fully saturated rings. The van der Waals surface area contributed by atoms with Crippen LogP contribution in [0.1, 0.15) is 15.9 Å². The first-order valence-electron chi connectivity index (χ1n) is 6.38. The third-order valence-corrected chi connectivity index (χ3v) is 3.25. The molecule has 6 nitrogen and oxygen atoms in total. The summed E-state index contributed by atoms with van der Waals surface area (Å²) in [6.07, 6.45) is 2.47. The molecule has 6 heteroatoms. The summed E-state index contributed by atoms with van der Waals surface area (Å²) in [5.74, 6) is -0.827. The molecule has 2 aromatic rings. The van der Waals surface area contributed by atoms with E-state index < -0.39 is 12.1 Å². The average molecular weight is 284 g/mol. The van der Waals surface area contributed by atoms with E-state index in [1.54, 1.807) is 6.07 Å². The molecule has 0 radical (unpaired) electrons. The predicted octanol–water partition coefficient (Wildman–Crippen LogP) is 1.72. The molecule has 2 N–H and O–H groups in total. The number of ether oxygens (including phenoxy) is 1.